The summed E-state index contributed by atoms with van der Waals surface area (Å²) in [6.07, 6.45) is 0. The molecule has 0 aliphatic carbocycles. The number of ether oxygens (including phenoxy) is 2. The molecule has 2 aromatic carbocycles. The lowest BCUT2D eigenvalue weighted by molar-refractivity contribution is 0.0919. The van der Waals surface area contributed by atoms with Gasteiger partial charge in [-0.2, -0.15) is 0 Å². The number of carbonyl (C=O) groups is 1. The second kappa shape index (κ2) is 11.0. The Balaban J connectivity index is 1.50. The molecule has 0 fully saturated rings. The predicted octanol–water partition coefficient (Wildman–Crippen LogP) is 3.63. The molecule has 2 N–H and O–H groups in total. The van der Waals surface area contributed by atoms with Crippen LogP contribution in [0.25, 0.3) is 0 Å². The monoisotopic (exact) mass is 472 g/mol. The second-order valence-electron chi connectivity index (χ2n) is 7.74. The van der Waals surface area contributed by atoms with E-state index >= 15 is 0 Å². The SMILES string of the molecule is COc1ccccc1OCc1ccc(C(=O)NCc2ccc(CS(=O)(=O)NC(C)C)cc2)o1. The van der Waals surface area contributed by atoms with E-state index in [4.69, 9.17) is 13.9 Å². The molecular weight excluding hydrogens is 444 g/mol. The van der Waals surface area contributed by atoms with E-state index < -0.39 is 10.0 Å². The van der Waals surface area contributed by atoms with Crippen LogP contribution in [0.5, 0.6) is 11.5 Å². The fraction of sp³-hybridized carbons (Fsp3) is 0.292. The molecule has 1 amide bonds. The van der Waals surface area contributed by atoms with Crippen molar-refractivity contribution < 1.29 is 27.1 Å². The summed E-state index contributed by atoms with van der Waals surface area (Å²) in [6.45, 7) is 3.99. The minimum absolute atomic E-state index is 0.0933. The lowest BCUT2D eigenvalue weighted by atomic mass is 10.1. The van der Waals surface area contributed by atoms with E-state index in [1.54, 1.807) is 69.5 Å². The van der Waals surface area contributed by atoms with Crippen molar-refractivity contribution in [2.75, 3.05) is 7.11 Å². The number of amides is 1. The van der Waals surface area contributed by atoms with Crippen LogP contribution < -0.4 is 19.5 Å². The summed E-state index contributed by atoms with van der Waals surface area (Å²) in [7, 11) is -1.82. The highest BCUT2D eigenvalue weighted by atomic mass is 32.2. The number of rotatable bonds is 11. The first-order chi connectivity index (χ1) is 15.8. The predicted molar refractivity (Wildman–Crippen MR) is 125 cm³/mol. The lowest BCUT2D eigenvalue weighted by Crippen LogP contribution is -2.31. The van der Waals surface area contributed by atoms with Crippen molar-refractivity contribution in [1.82, 2.24) is 10.0 Å². The average Bonchev–Trinajstić information content (AvgIpc) is 3.25. The van der Waals surface area contributed by atoms with Gasteiger partial charge >= 0.3 is 0 Å². The van der Waals surface area contributed by atoms with Crippen LogP contribution in [0.2, 0.25) is 0 Å². The Morgan fingerprint density at radius 3 is 2.30 bits per heavy atom. The molecule has 0 unspecified atom stereocenters. The number of benzene rings is 2. The van der Waals surface area contributed by atoms with Gasteiger partial charge in [0.1, 0.15) is 12.4 Å². The van der Waals surface area contributed by atoms with Gasteiger partial charge in [-0.3, -0.25) is 4.79 Å². The van der Waals surface area contributed by atoms with Crippen LogP contribution >= 0.6 is 0 Å². The fourth-order valence-electron chi connectivity index (χ4n) is 3.11. The number of hydrogen-bond acceptors (Lipinski definition) is 6. The average molecular weight is 473 g/mol. The van der Waals surface area contributed by atoms with Crippen LogP contribution in [0.3, 0.4) is 0 Å². The van der Waals surface area contributed by atoms with Crippen molar-refractivity contribution in [2.24, 2.45) is 0 Å². The third-order valence-corrected chi connectivity index (χ3v) is 6.12. The molecule has 0 aliphatic rings. The van der Waals surface area contributed by atoms with E-state index in [9.17, 15) is 13.2 Å². The zero-order valence-electron chi connectivity index (χ0n) is 18.8. The van der Waals surface area contributed by atoms with Crippen LogP contribution in [0.4, 0.5) is 0 Å². The third kappa shape index (κ3) is 7.37. The minimum atomic E-state index is -3.38. The number of nitrogens with one attached hydrogen (secondary N) is 2. The number of furan rings is 1. The molecule has 9 heteroatoms. The van der Waals surface area contributed by atoms with Gasteiger partial charge in [-0.25, -0.2) is 13.1 Å². The van der Waals surface area contributed by atoms with Crippen molar-refractivity contribution in [1.29, 1.82) is 0 Å². The van der Waals surface area contributed by atoms with Gasteiger partial charge in [-0.1, -0.05) is 36.4 Å². The molecule has 176 valence electrons. The van der Waals surface area contributed by atoms with Crippen LogP contribution in [0.1, 0.15) is 41.3 Å². The number of methoxy groups -OCH3 is 1. The van der Waals surface area contributed by atoms with Crippen molar-refractivity contribution >= 4 is 15.9 Å². The number of hydrogen-bond donors (Lipinski definition) is 2. The zero-order chi connectivity index (χ0) is 23.8. The van der Waals surface area contributed by atoms with Gasteiger partial charge < -0.3 is 19.2 Å². The molecule has 0 radical (unpaired) electrons. The van der Waals surface area contributed by atoms with Crippen LogP contribution in [-0.4, -0.2) is 27.5 Å². The van der Waals surface area contributed by atoms with E-state index in [0.29, 0.717) is 22.8 Å². The van der Waals surface area contributed by atoms with Gasteiger partial charge in [-0.05, 0) is 49.2 Å². The van der Waals surface area contributed by atoms with Gasteiger partial charge in [-0.15, -0.1) is 0 Å². The highest BCUT2D eigenvalue weighted by molar-refractivity contribution is 7.88. The molecule has 1 aromatic heterocycles. The van der Waals surface area contributed by atoms with Crippen molar-refractivity contribution in [3.63, 3.8) is 0 Å². The molecular formula is C24H28N2O6S. The number of carbonyl (C=O) groups excluding carboxylic acids is 1. The van der Waals surface area contributed by atoms with Gasteiger partial charge in [0, 0.05) is 12.6 Å². The Kier molecular flexibility index (Phi) is 8.13. The van der Waals surface area contributed by atoms with Crippen molar-refractivity contribution in [3.8, 4) is 11.5 Å². The maximum absolute atomic E-state index is 12.4. The smallest absolute Gasteiger partial charge is 0.287 e. The highest BCUT2D eigenvalue weighted by Gasteiger charge is 2.14. The van der Waals surface area contributed by atoms with E-state index in [-0.39, 0.29) is 36.6 Å². The number of sulfonamides is 1. The first-order valence-corrected chi connectivity index (χ1v) is 12.1. The molecule has 0 spiro atoms. The van der Waals surface area contributed by atoms with Gasteiger partial charge in [0.25, 0.3) is 5.91 Å². The first-order valence-electron chi connectivity index (χ1n) is 10.5. The maximum Gasteiger partial charge on any atom is 0.287 e. The topological polar surface area (TPSA) is 107 Å². The molecule has 0 atom stereocenters. The summed E-state index contributed by atoms with van der Waals surface area (Å²) < 4.78 is 43.2. The Labute approximate surface area is 194 Å². The Bertz CT molecular complexity index is 1170. The van der Waals surface area contributed by atoms with E-state index in [0.717, 1.165) is 5.56 Å². The van der Waals surface area contributed by atoms with Crippen molar-refractivity contribution in [2.45, 2.75) is 38.8 Å². The summed E-state index contributed by atoms with van der Waals surface area (Å²) in [5.41, 5.74) is 1.51. The molecule has 3 rings (SSSR count). The Morgan fingerprint density at radius 1 is 0.970 bits per heavy atom. The Hall–Kier alpha value is -3.30. The van der Waals surface area contributed by atoms with Crippen molar-refractivity contribution in [3.05, 3.63) is 83.3 Å². The summed E-state index contributed by atoms with van der Waals surface area (Å²) in [5, 5.41) is 2.79. The van der Waals surface area contributed by atoms with Crippen LogP contribution in [-0.2, 0) is 28.9 Å². The molecule has 33 heavy (non-hydrogen) atoms. The minimum Gasteiger partial charge on any atom is -0.493 e. The van der Waals surface area contributed by atoms with Crippen LogP contribution in [0, 0.1) is 0 Å². The molecule has 0 saturated heterocycles. The second-order valence-corrected chi connectivity index (χ2v) is 9.49. The molecule has 3 aromatic rings. The molecule has 0 saturated carbocycles. The first kappa shape index (κ1) is 24.3. The lowest BCUT2D eigenvalue weighted by Gasteiger charge is -2.10. The van der Waals surface area contributed by atoms with E-state index in [2.05, 4.69) is 10.0 Å². The largest absolute Gasteiger partial charge is 0.493 e. The standard InChI is InChI=1S/C24H28N2O6S/c1-17(2)26-33(28,29)16-19-10-8-18(9-11-19)14-25-24(27)23-13-12-20(32-23)15-31-22-7-5-4-6-21(22)30-3/h4-13,17,26H,14-16H2,1-3H3,(H,25,27). The Morgan fingerprint density at radius 2 is 1.64 bits per heavy atom. The summed E-state index contributed by atoms with van der Waals surface area (Å²) in [4.78, 5) is 12.4. The van der Waals surface area contributed by atoms with Gasteiger partial charge in [0.05, 0.1) is 12.9 Å². The number of para-hydroxylation sites is 2. The summed E-state index contributed by atoms with van der Waals surface area (Å²) >= 11 is 0. The molecule has 0 bridgehead atoms. The maximum atomic E-state index is 12.4. The molecule has 0 aliphatic heterocycles. The third-order valence-electron chi connectivity index (χ3n) is 4.57. The highest BCUT2D eigenvalue weighted by Crippen LogP contribution is 2.26. The normalized spacial score (nSPS) is 11.4. The van der Waals surface area contributed by atoms with Gasteiger partial charge in [0.2, 0.25) is 10.0 Å². The molecule has 8 nitrogen and oxygen atoms in total. The zero-order valence-corrected chi connectivity index (χ0v) is 19.6. The summed E-state index contributed by atoms with van der Waals surface area (Å²) in [6, 6.07) is 17.4. The van der Waals surface area contributed by atoms with Crippen LogP contribution in [0.15, 0.2) is 65.1 Å². The summed E-state index contributed by atoms with van der Waals surface area (Å²) in [5.74, 6) is 1.43. The van der Waals surface area contributed by atoms with E-state index in [1.807, 2.05) is 12.1 Å². The quantitative estimate of drug-likeness (QED) is 0.441. The molecule has 1 heterocycles. The van der Waals surface area contributed by atoms with E-state index in [1.165, 1.54) is 0 Å². The fourth-order valence-corrected chi connectivity index (χ4v) is 4.54. The van der Waals surface area contributed by atoms with Gasteiger partial charge in [0.15, 0.2) is 17.3 Å².